The van der Waals surface area contributed by atoms with Crippen molar-refractivity contribution in [3.05, 3.63) is 114 Å². The first-order chi connectivity index (χ1) is 23.3. The Morgan fingerprint density at radius 3 is 1.57 bits per heavy atom. The molecule has 1 heterocycles. The quantitative estimate of drug-likeness (QED) is 0.0985. The molecule has 4 aromatic carbocycles. The average molecular weight is 698 g/mol. The van der Waals surface area contributed by atoms with E-state index in [1.165, 1.54) is 24.3 Å². The zero-order valence-corrected chi connectivity index (χ0v) is 29.1. The molecule has 0 spiro atoms. The molecule has 0 fully saturated rings. The molecule has 0 saturated heterocycles. The summed E-state index contributed by atoms with van der Waals surface area (Å²) in [6, 6.07) is 30.2. The predicted octanol–water partition coefficient (Wildman–Crippen LogP) is 6.38. The summed E-state index contributed by atoms with van der Waals surface area (Å²) in [5.41, 5.74) is 11.1. The molecule has 252 valence electrons. The van der Waals surface area contributed by atoms with Crippen molar-refractivity contribution in [2.75, 3.05) is 35.8 Å². The summed E-state index contributed by atoms with van der Waals surface area (Å²) in [6.45, 7) is 3.56. The van der Waals surface area contributed by atoms with Crippen LogP contribution in [0.4, 0.5) is 23.3 Å². The fourth-order valence-electron chi connectivity index (χ4n) is 4.65. The second kappa shape index (κ2) is 14.7. The van der Waals surface area contributed by atoms with Gasteiger partial charge >= 0.3 is 0 Å². The van der Waals surface area contributed by atoms with Crippen LogP contribution in [-0.2, 0) is 19.7 Å². The summed E-state index contributed by atoms with van der Waals surface area (Å²) in [5, 5.41) is 12.2. The van der Waals surface area contributed by atoms with Gasteiger partial charge in [0.1, 0.15) is 5.75 Å². The van der Waals surface area contributed by atoms with Crippen molar-refractivity contribution in [1.29, 1.82) is 0 Å². The maximum Gasteiger partial charge on any atom is 0.231 e. The highest BCUT2D eigenvalue weighted by atomic mass is 32.2. The van der Waals surface area contributed by atoms with E-state index in [1.807, 2.05) is 48.5 Å². The number of aromatic nitrogens is 2. The van der Waals surface area contributed by atoms with Gasteiger partial charge in [-0.15, -0.1) is 0 Å². The van der Waals surface area contributed by atoms with Crippen molar-refractivity contribution < 1.29 is 21.6 Å². The molecular formula is C35H35N7O5S2. The first-order valence-corrected chi connectivity index (χ1v) is 18.7. The van der Waals surface area contributed by atoms with E-state index >= 15 is 0 Å². The van der Waals surface area contributed by atoms with Crippen LogP contribution in [0.3, 0.4) is 0 Å². The Hall–Kier alpha value is -5.60. The molecule has 3 N–H and O–H groups in total. The second-order valence-electron chi connectivity index (χ2n) is 11.1. The van der Waals surface area contributed by atoms with Gasteiger partial charge in [-0.3, -0.25) is 10.9 Å². The number of anilines is 4. The van der Waals surface area contributed by atoms with Crippen molar-refractivity contribution in [2.45, 2.75) is 23.6 Å². The number of hydrogen-bond donors (Lipinski definition) is 3. The number of sulfone groups is 2. The minimum absolute atomic E-state index is 0.215. The zero-order valence-electron chi connectivity index (χ0n) is 27.5. The number of nitrogens with zero attached hydrogens (tertiary/aromatic N) is 4. The molecule has 0 amide bonds. The van der Waals surface area contributed by atoms with Crippen LogP contribution >= 0.6 is 0 Å². The minimum atomic E-state index is -3.33. The van der Waals surface area contributed by atoms with Crippen LogP contribution in [0, 0.1) is 0 Å². The molecule has 5 rings (SSSR count). The molecule has 49 heavy (non-hydrogen) atoms. The molecule has 5 aromatic rings. The summed E-state index contributed by atoms with van der Waals surface area (Å²) in [4.78, 5) is 9.66. The van der Waals surface area contributed by atoms with Gasteiger partial charge in [0.05, 0.1) is 34.0 Å². The minimum Gasteiger partial charge on any atom is -0.495 e. The summed E-state index contributed by atoms with van der Waals surface area (Å²) in [5.74, 6) is 1.45. The summed E-state index contributed by atoms with van der Waals surface area (Å²) in [6.07, 6.45) is 2.31. The first kappa shape index (κ1) is 34.7. The number of methoxy groups -OCH3 is 1. The number of hydrogen-bond acceptors (Lipinski definition) is 12. The van der Waals surface area contributed by atoms with Crippen LogP contribution in [0.1, 0.15) is 25.0 Å². The van der Waals surface area contributed by atoms with Crippen LogP contribution in [0.5, 0.6) is 5.75 Å². The zero-order chi connectivity index (χ0) is 35.2. The van der Waals surface area contributed by atoms with Crippen LogP contribution < -0.4 is 20.9 Å². The molecular weight excluding hydrogens is 663 g/mol. The van der Waals surface area contributed by atoms with Crippen LogP contribution in [-0.4, -0.2) is 57.8 Å². The van der Waals surface area contributed by atoms with E-state index in [2.05, 4.69) is 36.3 Å². The lowest BCUT2D eigenvalue weighted by Gasteiger charge is -2.14. The highest BCUT2D eigenvalue weighted by molar-refractivity contribution is 7.91. The van der Waals surface area contributed by atoms with E-state index in [1.54, 1.807) is 51.3 Å². The van der Waals surface area contributed by atoms with Gasteiger partial charge in [-0.2, -0.15) is 20.2 Å². The standard InChI is InChI=1S/C35H35N7O5S2/c1-23(25-11-16-29(17-12-25)48(4,43)44)39-41-33-22-34(42-40-24(2)26-13-18-30(19-14-26)49(5,45)46)38-35(37-33)36-31-21-28(15-20-32(31)47-3)27-9-7-6-8-10-27/h6-22H,1-5H3,(H3,36,37,38,41,42). The fraction of sp³-hybridized carbons (Fsp3) is 0.143. The van der Waals surface area contributed by atoms with Gasteiger partial charge in [0, 0.05) is 18.6 Å². The summed E-state index contributed by atoms with van der Waals surface area (Å²) >= 11 is 0. The van der Waals surface area contributed by atoms with Crippen molar-refractivity contribution in [3.8, 4) is 16.9 Å². The van der Waals surface area contributed by atoms with E-state index in [9.17, 15) is 16.8 Å². The number of benzene rings is 4. The van der Waals surface area contributed by atoms with E-state index in [0.29, 0.717) is 34.5 Å². The fourth-order valence-corrected chi connectivity index (χ4v) is 5.91. The normalized spacial score (nSPS) is 12.3. The number of nitrogens with one attached hydrogen (secondary N) is 3. The molecule has 0 aliphatic rings. The highest BCUT2D eigenvalue weighted by Crippen LogP contribution is 2.32. The van der Waals surface area contributed by atoms with Gasteiger partial charge < -0.3 is 10.1 Å². The number of hydrazone groups is 2. The van der Waals surface area contributed by atoms with Crippen molar-refractivity contribution in [1.82, 2.24) is 9.97 Å². The summed E-state index contributed by atoms with van der Waals surface area (Å²) in [7, 11) is -5.08. The maximum atomic E-state index is 11.9. The molecule has 14 heteroatoms. The Kier molecular flexibility index (Phi) is 10.4. The number of ether oxygens (including phenoxy) is 1. The lowest BCUT2D eigenvalue weighted by atomic mass is 10.0. The Labute approximate surface area is 285 Å². The SMILES string of the molecule is COc1ccc(-c2ccccc2)cc1Nc1nc(NN=C(C)c2ccc(S(C)(=O)=O)cc2)cc(NN=C(C)c2ccc(S(C)(=O)=O)cc2)n1. The lowest BCUT2D eigenvalue weighted by Crippen LogP contribution is -2.07. The van der Waals surface area contributed by atoms with Gasteiger partial charge in [0.15, 0.2) is 31.3 Å². The molecule has 0 atom stereocenters. The van der Waals surface area contributed by atoms with Crippen molar-refractivity contribution >= 4 is 54.4 Å². The molecule has 0 aliphatic heterocycles. The lowest BCUT2D eigenvalue weighted by molar-refractivity contribution is 0.417. The molecule has 0 saturated carbocycles. The third kappa shape index (κ3) is 9.06. The smallest absolute Gasteiger partial charge is 0.231 e. The molecule has 0 radical (unpaired) electrons. The average Bonchev–Trinajstić information content (AvgIpc) is 3.09. The predicted molar refractivity (Wildman–Crippen MR) is 195 cm³/mol. The van der Waals surface area contributed by atoms with Gasteiger partial charge in [-0.1, -0.05) is 60.7 Å². The molecule has 0 bridgehead atoms. The van der Waals surface area contributed by atoms with Crippen molar-refractivity contribution in [2.24, 2.45) is 10.2 Å². The maximum absolute atomic E-state index is 11.9. The third-order valence-electron chi connectivity index (χ3n) is 7.36. The molecule has 12 nitrogen and oxygen atoms in total. The Morgan fingerprint density at radius 2 is 1.12 bits per heavy atom. The van der Waals surface area contributed by atoms with Gasteiger partial charge in [-0.05, 0) is 72.5 Å². The van der Waals surface area contributed by atoms with Crippen LogP contribution in [0.25, 0.3) is 11.1 Å². The highest BCUT2D eigenvalue weighted by Gasteiger charge is 2.12. The second-order valence-corrected chi connectivity index (χ2v) is 15.1. The molecule has 0 aliphatic carbocycles. The summed E-state index contributed by atoms with van der Waals surface area (Å²) < 4.78 is 53.1. The Balaban J connectivity index is 1.47. The van der Waals surface area contributed by atoms with Gasteiger partial charge in [0.2, 0.25) is 5.95 Å². The van der Waals surface area contributed by atoms with E-state index in [0.717, 1.165) is 34.8 Å². The third-order valence-corrected chi connectivity index (χ3v) is 9.61. The van der Waals surface area contributed by atoms with E-state index in [-0.39, 0.29) is 15.7 Å². The molecule has 0 unspecified atom stereocenters. The van der Waals surface area contributed by atoms with Gasteiger partial charge in [-0.25, -0.2) is 16.8 Å². The first-order valence-electron chi connectivity index (χ1n) is 14.9. The van der Waals surface area contributed by atoms with Gasteiger partial charge in [0.25, 0.3) is 0 Å². The van der Waals surface area contributed by atoms with Crippen LogP contribution in [0.2, 0.25) is 0 Å². The largest absolute Gasteiger partial charge is 0.495 e. The van der Waals surface area contributed by atoms with Crippen LogP contribution in [0.15, 0.2) is 123 Å². The molecule has 1 aromatic heterocycles. The van der Waals surface area contributed by atoms with E-state index < -0.39 is 19.7 Å². The van der Waals surface area contributed by atoms with E-state index in [4.69, 9.17) is 4.74 Å². The van der Waals surface area contributed by atoms with Crippen molar-refractivity contribution in [3.63, 3.8) is 0 Å². The Morgan fingerprint density at radius 1 is 0.633 bits per heavy atom. The topological polar surface area (TPSA) is 164 Å². The number of rotatable bonds is 12. The monoisotopic (exact) mass is 697 g/mol. The Bertz CT molecular complexity index is 2130.